The highest BCUT2D eigenvalue weighted by Crippen LogP contribution is 2.44. The Balaban J connectivity index is 1.08. The van der Waals surface area contributed by atoms with Crippen molar-refractivity contribution in [3.05, 3.63) is 75.0 Å². The number of amides is 1. The molecular formula is C36H37Cl2FN4O5. The SMILES string of the molecule is COC(=O)c1cc(F)c(-c2cccc3c2OCN(C(=O)c2c(Cl)cc(N4C[C@H]5CCC4CN5C)cc2Cl)C3)cc1N1C2CCC1COC2. The number of para-hydroxylation sites is 1. The summed E-state index contributed by atoms with van der Waals surface area (Å²) in [5.74, 6) is -1.02. The fourth-order valence-corrected chi connectivity index (χ4v) is 8.97. The highest BCUT2D eigenvalue weighted by molar-refractivity contribution is 6.40. The minimum atomic E-state index is -0.594. The molecule has 6 aliphatic rings. The third-order valence-corrected chi connectivity index (χ3v) is 11.4. The fourth-order valence-electron chi connectivity index (χ4n) is 8.34. The van der Waals surface area contributed by atoms with Crippen molar-refractivity contribution in [2.45, 2.75) is 56.4 Å². The number of hydrogen-bond acceptors (Lipinski definition) is 8. The normalized spacial score (nSPS) is 24.8. The van der Waals surface area contributed by atoms with E-state index in [4.69, 9.17) is 37.4 Å². The highest BCUT2D eigenvalue weighted by atomic mass is 35.5. The van der Waals surface area contributed by atoms with E-state index in [0.29, 0.717) is 63.5 Å². The largest absolute Gasteiger partial charge is 0.472 e. The molecule has 0 spiro atoms. The van der Waals surface area contributed by atoms with Gasteiger partial charge in [-0.15, -0.1) is 0 Å². The fraction of sp³-hybridized carbons (Fsp3) is 0.444. The Kier molecular flexibility index (Phi) is 8.18. The third-order valence-electron chi connectivity index (χ3n) is 10.8. The summed E-state index contributed by atoms with van der Waals surface area (Å²) in [7, 11) is 3.46. The molecule has 0 saturated carbocycles. The van der Waals surface area contributed by atoms with Crippen molar-refractivity contribution in [2.75, 3.05) is 57.0 Å². The molecule has 4 bridgehead atoms. The molecule has 9 nitrogen and oxygen atoms in total. The highest BCUT2D eigenvalue weighted by Gasteiger charge is 2.41. The number of ether oxygens (including phenoxy) is 3. The molecule has 12 heteroatoms. The first-order valence-corrected chi connectivity index (χ1v) is 17.3. The number of piperazine rings is 1. The number of carbonyl (C=O) groups is 2. The summed E-state index contributed by atoms with van der Waals surface area (Å²) < 4.78 is 32.9. The number of esters is 1. The van der Waals surface area contributed by atoms with Crippen LogP contribution in [0.1, 0.15) is 52.0 Å². The predicted molar refractivity (Wildman–Crippen MR) is 182 cm³/mol. The standard InChI is InChI=1S/C36H37Cl2FN4O5/c1-40-15-22-7-6-21(40)16-42(22)25-10-29(37)33(30(38)11-25)35(44)41-14-20-4-3-5-26(34(20)48-19-41)27-13-32(28(12-31(27)39)36(45)46-2)43-23-8-9-24(43)18-47-17-23/h3-5,10-13,21-24H,6-9,14-19H2,1-2H3/t21-,22?,23?,24?/m1/s1. The van der Waals surface area contributed by atoms with Gasteiger partial charge in [0.05, 0.1) is 65.8 Å². The maximum Gasteiger partial charge on any atom is 0.340 e. The number of morpholine rings is 1. The Labute approximate surface area is 289 Å². The Hall–Kier alpha value is -3.57. The second kappa shape index (κ2) is 12.4. The lowest BCUT2D eigenvalue weighted by Gasteiger charge is -2.51. The molecule has 6 heterocycles. The summed E-state index contributed by atoms with van der Waals surface area (Å²) in [6.07, 6.45) is 4.15. The van der Waals surface area contributed by atoms with Crippen molar-refractivity contribution < 1.29 is 28.2 Å². The second-order valence-corrected chi connectivity index (χ2v) is 14.3. The van der Waals surface area contributed by atoms with Crippen LogP contribution in [-0.2, 0) is 16.0 Å². The van der Waals surface area contributed by atoms with Gasteiger partial charge in [-0.3, -0.25) is 9.69 Å². The van der Waals surface area contributed by atoms with Crippen molar-refractivity contribution in [1.29, 1.82) is 0 Å². The Bertz CT molecular complexity index is 1770. The minimum absolute atomic E-state index is 0.0677. The molecule has 5 saturated heterocycles. The maximum absolute atomic E-state index is 15.9. The number of carbonyl (C=O) groups excluding carboxylic acids is 2. The number of anilines is 2. The lowest BCUT2D eigenvalue weighted by atomic mass is 9.90. The molecule has 6 aliphatic heterocycles. The number of fused-ring (bicyclic) bond motifs is 6. The van der Waals surface area contributed by atoms with Crippen LogP contribution in [0, 0.1) is 5.82 Å². The molecule has 9 rings (SSSR count). The first-order valence-electron chi connectivity index (χ1n) is 16.5. The number of likely N-dealkylation sites (N-methyl/N-ethyl adjacent to an activating group) is 1. The van der Waals surface area contributed by atoms with Gasteiger partial charge in [0.15, 0.2) is 6.73 Å². The van der Waals surface area contributed by atoms with E-state index >= 15 is 4.39 Å². The van der Waals surface area contributed by atoms with Crippen molar-refractivity contribution in [2.24, 2.45) is 0 Å². The van der Waals surface area contributed by atoms with Crippen LogP contribution in [0.15, 0.2) is 42.5 Å². The lowest BCUT2D eigenvalue weighted by molar-refractivity contribution is 0.0515. The number of benzene rings is 3. The van der Waals surface area contributed by atoms with Gasteiger partial charge in [0.1, 0.15) is 11.6 Å². The first kappa shape index (κ1) is 31.7. The van der Waals surface area contributed by atoms with E-state index in [9.17, 15) is 9.59 Å². The van der Waals surface area contributed by atoms with Gasteiger partial charge in [0, 0.05) is 47.6 Å². The molecule has 4 atom stereocenters. The molecule has 48 heavy (non-hydrogen) atoms. The third kappa shape index (κ3) is 5.28. The van der Waals surface area contributed by atoms with Gasteiger partial charge in [-0.1, -0.05) is 41.4 Å². The molecule has 5 fully saturated rings. The van der Waals surface area contributed by atoms with Gasteiger partial charge in [-0.2, -0.15) is 0 Å². The first-order chi connectivity index (χ1) is 23.2. The zero-order chi connectivity index (χ0) is 33.3. The lowest BCUT2D eigenvalue weighted by Crippen LogP contribution is -2.61. The molecule has 252 valence electrons. The topological polar surface area (TPSA) is 74.8 Å². The molecule has 3 aromatic rings. The van der Waals surface area contributed by atoms with Crippen LogP contribution in [0.25, 0.3) is 11.1 Å². The molecule has 1 amide bonds. The number of rotatable bonds is 5. The number of halogens is 3. The summed E-state index contributed by atoms with van der Waals surface area (Å²) >= 11 is 13.5. The van der Waals surface area contributed by atoms with Crippen molar-refractivity contribution in [3.63, 3.8) is 0 Å². The van der Waals surface area contributed by atoms with Crippen LogP contribution in [-0.4, -0.2) is 93.0 Å². The van der Waals surface area contributed by atoms with E-state index < -0.39 is 11.8 Å². The van der Waals surface area contributed by atoms with Crippen LogP contribution < -0.4 is 14.5 Å². The van der Waals surface area contributed by atoms with Crippen molar-refractivity contribution >= 4 is 46.5 Å². The van der Waals surface area contributed by atoms with E-state index in [-0.39, 0.29) is 42.4 Å². The van der Waals surface area contributed by atoms with E-state index in [1.807, 2.05) is 24.3 Å². The molecule has 0 aromatic heterocycles. The Morgan fingerprint density at radius 1 is 0.917 bits per heavy atom. The summed E-state index contributed by atoms with van der Waals surface area (Å²) in [6.45, 7) is 3.14. The van der Waals surface area contributed by atoms with Gasteiger partial charge in [0.25, 0.3) is 5.91 Å². The zero-order valence-corrected chi connectivity index (χ0v) is 28.4. The molecule has 0 N–H and O–H groups in total. The van der Waals surface area contributed by atoms with Gasteiger partial charge < -0.3 is 28.9 Å². The van der Waals surface area contributed by atoms with Crippen LogP contribution in [0.2, 0.25) is 10.0 Å². The number of hydrogen-bond donors (Lipinski definition) is 0. The smallest absolute Gasteiger partial charge is 0.340 e. The van der Waals surface area contributed by atoms with Gasteiger partial charge in [-0.25, -0.2) is 9.18 Å². The quantitative estimate of drug-likeness (QED) is 0.291. The molecule has 0 radical (unpaired) electrons. The summed E-state index contributed by atoms with van der Waals surface area (Å²) in [6, 6.07) is 13.2. The zero-order valence-electron chi connectivity index (χ0n) is 26.9. The van der Waals surface area contributed by atoms with Crippen molar-refractivity contribution in [1.82, 2.24) is 9.80 Å². The molecular weight excluding hydrogens is 658 g/mol. The monoisotopic (exact) mass is 694 g/mol. The average molecular weight is 696 g/mol. The van der Waals surface area contributed by atoms with Crippen LogP contribution in [0.4, 0.5) is 15.8 Å². The van der Waals surface area contributed by atoms with E-state index in [0.717, 1.165) is 38.0 Å². The molecule has 3 aromatic carbocycles. The number of piperidine rings is 2. The Morgan fingerprint density at radius 3 is 2.29 bits per heavy atom. The van der Waals surface area contributed by atoms with E-state index in [1.165, 1.54) is 19.6 Å². The van der Waals surface area contributed by atoms with Crippen LogP contribution in [0.5, 0.6) is 5.75 Å². The number of nitrogens with zero attached hydrogens (tertiary/aromatic N) is 4. The predicted octanol–water partition coefficient (Wildman–Crippen LogP) is 6.23. The van der Waals surface area contributed by atoms with E-state index in [2.05, 4.69) is 21.7 Å². The summed E-state index contributed by atoms with van der Waals surface area (Å²) in [4.78, 5) is 35.2. The molecule has 0 aliphatic carbocycles. The molecule has 3 unspecified atom stereocenters. The summed E-state index contributed by atoms with van der Waals surface area (Å²) in [5, 5.41) is 0.600. The average Bonchev–Trinajstić information content (AvgIpc) is 3.33. The van der Waals surface area contributed by atoms with Crippen LogP contribution in [0.3, 0.4) is 0 Å². The van der Waals surface area contributed by atoms with Gasteiger partial charge in [0.2, 0.25) is 0 Å². The van der Waals surface area contributed by atoms with Gasteiger partial charge in [-0.05, 0) is 57.0 Å². The second-order valence-electron chi connectivity index (χ2n) is 13.5. The summed E-state index contributed by atoms with van der Waals surface area (Å²) in [5.41, 5.74) is 3.53. The minimum Gasteiger partial charge on any atom is -0.472 e. The number of methoxy groups -OCH3 is 1. The van der Waals surface area contributed by atoms with E-state index in [1.54, 1.807) is 17.0 Å². The maximum atomic E-state index is 15.9. The Morgan fingerprint density at radius 2 is 1.62 bits per heavy atom. The van der Waals surface area contributed by atoms with Crippen LogP contribution >= 0.6 is 23.2 Å². The van der Waals surface area contributed by atoms with Gasteiger partial charge >= 0.3 is 5.97 Å². The van der Waals surface area contributed by atoms with Crippen molar-refractivity contribution in [3.8, 4) is 16.9 Å².